The lowest BCUT2D eigenvalue weighted by molar-refractivity contribution is -0.120. The number of hydrogen-bond donors (Lipinski definition) is 3. The molecule has 0 bridgehead atoms. The molecule has 4 nitrogen and oxygen atoms in total. The van der Waals surface area contributed by atoms with Crippen LogP contribution in [0.2, 0.25) is 0 Å². The zero-order valence-corrected chi connectivity index (χ0v) is 12.0. The average Bonchev–Trinajstić information content (AvgIpc) is 2.23. The molecule has 0 fully saturated rings. The molecule has 4 N–H and O–H groups in total. The summed E-state index contributed by atoms with van der Waals surface area (Å²) < 4.78 is 13.6. The van der Waals surface area contributed by atoms with Gasteiger partial charge in [-0.15, -0.1) is 0 Å². The van der Waals surface area contributed by atoms with Crippen LogP contribution in [0.4, 0.5) is 10.1 Å². The molecule has 1 aromatic rings. The molecule has 19 heavy (non-hydrogen) atoms. The highest BCUT2D eigenvalue weighted by atomic mass is 32.1. The van der Waals surface area contributed by atoms with Crippen LogP contribution in [0.25, 0.3) is 0 Å². The zero-order chi connectivity index (χ0) is 14.6. The van der Waals surface area contributed by atoms with Crippen molar-refractivity contribution in [3.8, 4) is 0 Å². The molecule has 0 atom stereocenters. The van der Waals surface area contributed by atoms with E-state index in [4.69, 9.17) is 18.0 Å². The van der Waals surface area contributed by atoms with Crippen LogP contribution in [0.1, 0.15) is 26.3 Å². The van der Waals surface area contributed by atoms with Gasteiger partial charge in [0, 0.05) is 16.8 Å². The molecule has 0 heterocycles. The first-order valence-corrected chi connectivity index (χ1v) is 6.24. The number of thiocarbonyl (C=S) groups is 1. The van der Waals surface area contributed by atoms with Crippen LogP contribution in [0.3, 0.4) is 0 Å². The van der Waals surface area contributed by atoms with Gasteiger partial charge < -0.3 is 16.4 Å². The number of halogens is 1. The first-order chi connectivity index (χ1) is 8.69. The molecule has 0 radical (unpaired) electrons. The van der Waals surface area contributed by atoms with Gasteiger partial charge in [0.15, 0.2) is 0 Å². The van der Waals surface area contributed by atoms with Gasteiger partial charge in [0.2, 0.25) is 5.91 Å². The van der Waals surface area contributed by atoms with Crippen LogP contribution in [-0.2, 0) is 4.79 Å². The fraction of sp³-hybridized carbons (Fsp3) is 0.385. The second-order valence-corrected chi connectivity index (χ2v) is 5.65. The standard InChI is InChI=1S/C13H18FN3OS/c1-13(2,3)17-11(18)7-16-8-4-5-9(12(15)19)10(14)6-8/h4-6,16H,7H2,1-3H3,(H2,15,19)(H,17,18). The predicted molar refractivity (Wildman–Crippen MR) is 78.7 cm³/mol. The third kappa shape index (κ3) is 5.21. The Morgan fingerprint density at radius 3 is 2.53 bits per heavy atom. The fourth-order valence-electron chi connectivity index (χ4n) is 1.47. The second kappa shape index (κ2) is 5.97. The Morgan fingerprint density at radius 1 is 1.42 bits per heavy atom. The number of nitrogens with one attached hydrogen (secondary N) is 2. The maximum Gasteiger partial charge on any atom is 0.239 e. The fourth-order valence-corrected chi connectivity index (χ4v) is 1.64. The Morgan fingerprint density at radius 2 is 2.05 bits per heavy atom. The van der Waals surface area contributed by atoms with Gasteiger partial charge >= 0.3 is 0 Å². The molecule has 1 rings (SSSR count). The number of benzene rings is 1. The lowest BCUT2D eigenvalue weighted by atomic mass is 10.1. The summed E-state index contributed by atoms with van der Waals surface area (Å²) in [5.41, 5.74) is 5.77. The molecule has 104 valence electrons. The molecule has 0 aromatic heterocycles. The van der Waals surface area contributed by atoms with Crippen molar-refractivity contribution in [2.24, 2.45) is 5.73 Å². The normalized spacial score (nSPS) is 10.9. The molecule has 0 saturated carbocycles. The van der Waals surface area contributed by atoms with E-state index in [0.717, 1.165) is 0 Å². The van der Waals surface area contributed by atoms with Crippen LogP contribution >= 0.6 is 12.2 Å². The number of anilines is 1. The van der Waals surface area contributed by atoms with E-state index >= 15 is 0 Å². The van der Waals surface area contributed by atoms with Crippen molar-refractivity contribution in [1.82, 2.24) is 5.32 Å². The highest BCUT2D eigenvalue weighted by Gasteiger charge is 2.13. The van der Waals surface area contributed by atoms with Gasteiger partial charge in [-0.1, -0.05) is 12.2 Å². The molecule has 0 aliphatic rings. The van der Waals surface area contributed by atoms with Crippen LogP contribution in [0.15, 0.2) is 18.2 Å². The molecular formula is C13H18FN3OS. The number of rotatable bonds is 4. The van der Waals surface area contributed by atoms with Crippen molar-refractivity contribution in [2.75, 3.05) is 11.9 Å². The minimum atomic E-state index is -0.506. The smallest absolute Gasteiger partial charge is 0.239 e. The van der Waals surface area contributed by atoms with E-state index in [1.165, 1.54) is 12.1 Å². The van der Waals surface area contributed by atoms with E-state index in [2.05, 4.69) is 10.6 Å². The summed E-state index contributed by atoms with van der Waals surface area (Å²) in [4.78, 5) is 11.6. The second-order valence-electron chi connectivity index (χ2n) is 5.21. The van der Waals surface area contributed by atoms with Crippen LogP contribution in [0.5, 0.6) is 0 Å². The Labute approximate surface area is 117 Å². The predicted octanol–water partition coefficient (Wildman–Crippen LogP) is 1.79. The van der Waals surface area contributed by atoms with Gasteiger partial charge in [-0.2, -0.15) is 0 Å². The number of carbonyl (C=O) groups is 1. The number of carbonyl (C=O) groups excluding carboxylic acids is 1. The summed E-state index contributed by atoms with van der Waals surface area (Å²) in [6.07, 6.45) is 0. The van der Waals surface area contributed by atoms with Gasteiger partial charge in [-0.3, -0.25) is 4.79 Å². The van der Waals surface area contributed by atoms with E-state index in [1.54, 1.807) is 6.07 Å². The Balaban J connectivity index is 2.62. The number of hydrogen-bond acceptors (Lipinski definition) is 3. The highest BCUT2D eigenvalue weighted by Crippen LogP contribution is 2.14. The molecule has 1 aromatic carbocycles. The van der Waals surface area contributed by atoms with E-state index in [9.17, 15) is 9.18 Å². The van der Waals surface area contributed by atoms with Crippen molar-refractivity contribution in [3.63, 3.8) is 0 Å². The first kappa shape index (κ1) is 15.4. The van der Waals surface area contributed by atoms with E-state index in [0.29, 0.717) is 5.69 Å². The maximum atomic E-state index is 13.6. The largest absolute Gasteiger partial charge is 0.389 e. The molecule has 0 aliphatic carbocycles. The van der Waals surface area contributed by atoms with Crippen molar-refractivity contribution in [1.29, 1.82) is 0 Å². The minimum Gasteiger partial charge on any atom is -0.389 e. The van der Waals surface area contributed by atoms with E-state index < -0.39 is 5.82 Å². The number of nitrogens with two attached hydrogens (primary N) is 1. The van der Waals surface area contributed by atoms with Gasteiger partial charge in [0.05, 0.1) is 6.54 Å². The molecule has 0 saturated heterocycles. The van der Waals surface area contributed by atoms with Gasteiger partial charge in [-0.25, -0.2) is 4.39 Å². The van der Waals surface area contributed by atoms with Crippen LogP contribution < -0.4 is 16.4 Å². The SMILES string of the molecule is CC(C)(C)NC(=O)CNc1ccc(C(N)=S)c(F)c1. The molecule has 0 unspecified atom stereocenters. The third-order valence-electron chi connectivity index (χ3n) is 2.20. The molecule has 6 heteroatoms. The quantitative estimate of drug-likeness (QED) is 0.737. The maximum absolute atomic E-state index is 13.6. The lowest BCUT2D eigenvalue weighted by Crippen LogP contribution is -2.43. The summed E-state index contributed by atoms with van der Waals surface area (Å²) in [5, 5.41) is 5.64. The average molecular weight is 283 g/mol. The molecule has 0 spiro atoms. The van der Waals surface area contributed by atoms with E-state index in [1.807, 2.05) is 20.8 Å². The topological polar surface area (TPSA) is 67.2 Å². The highest BCUT2D eigenvalue weighted by molar-refractivity contribution is 7.80. The molecule has 0 aliphatic heterocycles. The van der Waals surface area contributed by atoms with E-state index in [-0.39, 0.29) is 28.5 Å². The summed E-state index contributed by atoms with van der Waals surface area (Å²) in [6.45, 7) is 5.74. The summed E-state index contributed by atoms with van der Waals surface area (Å²) >= 11 is 4.71. The van der Waals surface area contributed by atoms with Gasteiger partial charge in [0.25, 0.3) is 0 Å². The van der Waals surface area contributed by atoms with Crippen LogP contribution in [-0.4, -0.2) is 23.0 Å². The monoisotopic (exact) mass is 283 g/mol. The summed E-state index contributed by atoms with van der Waals surface area (Å²) in [7, 11) is 0. The van der Waals surface area contributed by atoms with Gasteiger partial charge in [-0.05, 0) is 39.0 Å². The third-order valence-corrected chi connectivity index (χ3v) is 2.42. The number of amides is 1. The van der Waals surface area contributed by atoms with Crippen molar-refractivity contribution < 1.29 is 9.18 Å². The Hall–Kier alpha value is -1.69. The van der Waals surface area contributed by atoms with Crippen molar-refractivity contribution in [3.05, 3.63) is 29.6 Å². The Kier molecular flexibility index (Phi) is 4.83. The summed E-state index contributed by atoms with van der Waals surface area (Å²) in [6, 6.07) is 4.38. The zero-order valence-electron chi connectivity index (χ0n) is 11.2. The van der Waals surface area contributed by atoms with Crippen molar-refractivity contribution in [2.45, 2.75) is 26.3 Å². The minimum absolute atomic E-state index is 0.00882. The first-order valence-electron chi connectivity index (χ1n) is 5.83. The Bertz CT molecular complexity index is 497. The molecule has 1 amide bonds. The molecular weight excluding hydrogens is 265 g/mol. The lowest BCUT2D eigenvalue weighted by Gasteiger charge is -2.20. The summed E-state index contributed by atoms with van der Waals surface area (Å²) in [5.74, 6) is -0.667. The van der Waals surface area contributed by atoms with Crippen molar-refractivity contribution >= 4 is 28.8 Å². The van der Waals surface area contributed by atoms with Gasteiger partial charge in [0.1, 0.15) is 10.8 Å². The van der Waals surface area contributed by atoms with Crippen LogP contribution in [0, 0.1) is 5.82 Å².